The summed E-state index contributed by atoms with van der Waals surface area (Å²) in [5, 5.41) is 5.95. The third kappa shape index (κ3) is 6.69. The van der Waals surface area contributed by atoms with Gasteiger partial charge in [0.25, 0.3) is 5.91 Å². The summed E-state index contributed by atoms with van der Waals surface area (Å²) in [6.45, 7) is 1.25. The quantitative estimate of drug-likeness (QED) is 0.557. The van der Waals surface area contributed by atoms with Crippen molar-refractivity contribution >= 4 is 17.5 Å². The number of ether oxygens (including phenoxy) is 1. The fourth-order valence-corrected chi connectivity index (χ4v) is 3.15. The van der Waals surface area contributed by atoms with E-state index in [-0.39, 0.29) is 18.4 Å². The maximum atomic E-state index is 12.8. The van der Waals surface area contributed by atoms with Crippen molar-refractivity contribution in [1.29, 1.82) is 0 Å². The molecule has 3 rings (SSSR count). The molecule has 6 heteroatoms. The Labute approximate surface area is 182 Å². The van der Waals surface area contributed by atoms with E-state index in [9.17, 15) is 9.59 Å². The van der Waals surface area contributed by atoms with Crippen LogP contribution in [-0.2, 0) is 17.9 Å². The first kappa shape index (κ1) is 22.1. The van der Waals surface area contributed by atoms with E-state index in [2.05, 4.69) is 10.6 Å². The predicted octanol–water partition coefficient (Wildman–Crippen LogP) is 3.70. The van der Waals surface area contributed by atoms with Crippen molar-refractivity contribution in [2.45, 2.75) is 13.1 Å². The maximum Gasteiger partial charge on any atom is 0.253 e. The Balaban J connectivity index is 1.50. The number of amides is 2. The van der Waals surface area contributed by atoms with E-state index >= 15 is 0 Å². The zero-order chi connectivity index (χ0) is 22.1. The second kappa shape index (κ2) is 10.9. The average Bonchev–Trinajstić information content (AvgIpc) is 2.80. The maximum absolute atomic E-state index is 12.8. The molecule has 2 N–H and O–H groups in total. The lowest BCUT2D eigenvalue weighted by Crippen LogP contribution is -2.28. The molecule has 0 aliphatic heterocycles. The predicted molar refractivity (Wildman–Crippen MR) is 122 cm³/mol. The van der Waals surface area contributed by atoms with E-state index < -0.39 is 0 Å². The first-order chi connectivity index (χ1) is 15.0. The van der Waals surface area contributed by atoms with Crippen molar-refractivity contribution in [3.05, 3.63) is 95.6 Å². The zero-order valence-electron chi connectivity index (χ0n) is 17.8. The van der Waals surface area contributed by atoms with Crippen molar-refractivity contribution in [1.82, 2.24) is 10.2 Å². The van der Waals surface area contributed by atoms with Gasteiger partial charge in [-0.3, -0.25) is 9.59 Å². The molecule has 0 atom stereocenters. The molecule has 0 bridgehead atoms. The van der Waals surface area contributed by atoms with Crippen LogP contribution in [0.15, 0.2) is 78.9 Å². The molecule has 0 saturated carbocycles. The fraction of sp³-hybridized carbons (Fsp3) is 0.200. The number of benzene rings is 3. The van der Waals surface area contributed by atoms with Crippen molar-refractivity contribution in [2.24, 2.45) is 0 Å². The molecular formula is C25H27N3O3. The highest BCUT2D eigenvalue weighted by Gasteiger charge is 2.13. The molecular weight excluding hydrogens is 390 g/mol. The SMILES string of the molecule is COc1ccc(CNCC(=O)Nc2cccc(C(=O)N(C)Cc3ccccc3)c2)cc1. The van der Waals surface area contributed by atoms with Gasteiger partial charge in [0.05, 0.1) is 13.7 Å². The second-order valence-corrected chi connectivity index (χ2v) is 7.23. The number of rotatable bonds is 9. The van der Waals surface area contributed by atoms with Gasteiger partial charge in [0.2, 0.25) is 5.91 Å². The van der Waals surface area contributed by atoms with E-state index in [1.165, 1.54) is 0 Å². The largest absolute Gasteiger partial charge is 0.497 e. The van der Waals surface area contributed by atoms with Crippen LogP contribution >= 0.6 is 0 Å². The van der Waals surface area contributed by atoms with Crippen molar-refractivity contribution in [3.8, 4) is 5.75 Å². The van der Waals surface area contributed by atoms with Crippen molar-refractivity contribution in [2.75, 3.05) is 26.0 Å². The van der Waals surface area contributed by atoms with Gasteiger partial charge in [-0.15, -0.1) is 0 Å². The monoisotopic (exact) mass is 417 g/mol. The van der Waals surface area contributed by atoms with Gasteiger partial charge < -0.3 is 20.3 Å². The number of hydrogen-bond donors (Lipinski definition) is 2. The molecule has 0 unspecified atom stereocenters. The molecule has 0 aliphatic carbocycles. The summed E-state index contributed by atoms with van der Waals surface area (Å²) in [5.74, 6) is 0.527. The molecule has 31 heavy (non-hydrogen) atoms. The number of nitrogens with zero attached hydrogens (tertiary/aromatic N) is 1. The first-order valence-corrected chi connectivity index (χ1v) is 10.1. The highest BCUT2D eigenvalue weighted by Crippen LogP contribution is 2.14. The summed E-state index contributed by atoms with van der Waals surface area (Å²) >= 11 is 0. The van der Waals surface area contributed by atoms with Crippen LogP contribution in [0.25, 0.3) is 0 Å². The standard InChI is InChI=1S/C25H27N3O3/c1-28(18-20-7-4-3-5-8-20)25(30)21-9-6-10-22(15-21)27-24(29)17-26-16-19-11-13-23(31-2)14-12-19/h3-15,26H,16-18H2,1-2H3,(H,27,29). The van der Waals surface area contributed by atoms with Gasteiger partial charge in [-0.2, -0.15) is 0 Å². The Hall–Kier alpha value is -3.64. The molecule has 0 aliphatic rings. The summed E-state index contributed by atoms with van der Waals surface area (Å²) in [4.78, 5) is 26.7. The summed E-state index contributed by atoms with van der Waals surface area (Å²) < 4.78 is 5.14. The molecule has 0 heterocycles. The topological polar surface area (TPSA) is 70.7 Å². The van der Waals surface area contributed by atoms with E-state index in [1.807, 2.05) is 54.6 Å². The van der Waals surface area contributed by atoms with E-state index in [0.29, 0.717) is 24.3 Å². The Bertz CT molecular complexity index is 1000. The number of nitrogens with one attached hydrogen (secondary N) is 2. The number of carbonyl (C=O) groups excluding carboxylic acids is 2. The summed E-state index contributed by atoms with van der Waals surface area (Å²) in [6, 6.07) is 24.5. The van der Waals surface area contributed by atoms with E-state index in [4.69, 9.17) is 4.74 Å². The van der Waals surface area contributed by atoms with E-state index in [0.717, 1.165) is 16.9 Å². The van der Waals surface area contributed by atoms with Gasteiger partial charge in [-0.05, 0) is 41.5 Å². The van der Waals surface area contributed by atoms with E-state index in [1.54, 1.807) is 43.3 Å². The molecule has 0 radical (unpaired) electrons. The number of anilines is 1. The van der Waals surface area contributed by atoms with Gasteiger partial charge in [-0.1, -0.05) is 48.5 Å². The van der Waals surface area contributed by atoms with Gasteiger partial charge in [-0.25, -0.2) is 0 Å². The molecule has 6 nitrogen and oxygen atoms in total. The smallest absolute Gasteiger partial charge is 0.253 e. The van der Waals surface area contributed by atoms with Crippen LogP contribution in [0.4, 0.5) is 5.69 Å². The van der Waals surface area contributed by atoms with Crippen molar-refractivity contribution < 1.29 is 14.3 Å². The van der Waals surface area contributed by atoms with Crippen LogP contribution in [0, 0.1) is 0 Å². The first-order valence-electron chi connectivity index (χ1n) is 10.1. The third-order valence-electron chi connectivity index (χ3n) is 4.78. The third-order valence-corrected chi connectivity index (χ3v) is 4.78. The number of hydrogen-bond acceptors (Lipinski definition) is 4. The lowest BCUT2D eigenvalue weighted by atomic mass is 10.1. The molecule has 2 amide bonds. The van der Waals surface area contributed by atoms with Crippen LogP contribution in [0.3, 0.4) is 0 Å². The molecule has 0 saturated heterocycles. The highest BCUT2D eigenvalue weighted by molar-refractivity contribution is 5.97. The molecule has 0 fully saturated rings. The highest BCUT2D eigenvalue weighted by atomic mass is 16.5. The zero-order valence-corrected chi connectivity index (χ0v) is 17.8. The normalized spacial score (nSPS) is 10.4. The van der Waals surface area contributed by atoms with Gasteiger partial charge in [0, 0.05) is 31.4 Å². The minimum absolute atomic E-state index is 0.0995. The number of carbonyl (C=O) groups is 2. The molecule has 3 aromatic carbocycles. The van der Waals surface area contributed by atoms with Gasteiger partial charge >= 0.3 is 0 Å². The second-order valence-electron chi connectivity index (χ2n) is 7.23. The van der Waals surface area contributed by atoms with Gasteiger partial charge in [0.1, 0.15) is 5.75 Å². The Morgan fingerprint density at radius 2 is 1.65 bits per heavy atom. The summed E-state index contributed by atoms with van der Waals surface area (Å²) in [6.07, 6.45) is 0. The summed E-state index contributed by atoms with van der Waals surface area (Å²) in [5.41, 5.74) is 3.24. The minimum Gasteiger partial charge on any atom is -0.497 e. The Morgan fingerprint density at radius 1 is 0.903 bits per heavy atom. The van der Waals surface area contributed by atoms with Crippen LogP contribution in [-0.4, -0.2) is 37.4 Å². The minimum atomic E-state index is -0.171. The lowest BCUT2D eigenvalue weighted by Gasteiger charge is -2.18. The van der Waals surface area contributed by atoms with Crippen LogP contribution in [0.2, 0.25) is 0 Å². The molecule has 0 spiro atoms. The average molecular weight is 418 g/mol. The van der Waals surface area contributed by atoms with Crippen LogP contribution in [0.1, 0.15) is 21.5 Å². The molecule has 3 aromatic rings. The van der Waals surface area contributed by atoms with Crippen LogP contribution < -0.4 is 15.4 Å². The van der Waals surface area contributed by atoms with Gasteiger partial charge in [0.15, 0.2) is 0 Å². The Morgan fingerprint density at radius 3 is 2.35 bits per heavy atom. The molecule has 160 valence electrons. The lowest BCUT2D eigenvalue weighted by molar-refractivity contribution is -0.115. The fourth-order valence-electron chi connectivity index (χ4n) is 3.15. The number of methoxy groups -OCH3 is 1. The van der Waals surface area contributed by atoms with Crippen LogP contribution in [0.5, 0.6) is 5.75 Å². The Kier molecular flexibility index (Phi) is 7.79. The van der Waals surface area contributed by atoms with Crippen molar-refractivity contribution in [3.63, 3.8) is 0 Å². The summed E-state index contributed by atoms with van der Waals surface area (Å²) in [7, 11) is 3.39. The molecule has 0 aromatic heterocycles.